The van der Waals surface area contributed by atoms with Crippen LogP contribution < -0.4 is 9.46 Å². The first-order chi connectivity index (χ1) is 14.9. The summed E-state index contributed by atoms with van der Waals surface area (Å²) in [6.45, 7) is 2.85. The number of ether oxygens (including phenoxy) is 1. The first-order valence-corrected chi connectivity index (χ1v) is 11.5. The third kappa shape index (κ3) is 4.41. The van der Waals surface area contributed by atoms with E-state index in [4.69, 9.17) is 4.74 Å². The van der Waals surface area contributed by atoms with E-state index < -0.39 is 10.0 Å². The molecule has 3 aromatic carbocycles. The molecule has 160 valence electrons. The first kappa shape index (κ1) is 20.9. The normalized spacial score (nSPS) is 13.4. The number of nitrogens with one attached hydrogen (secondary N) is 1. The molecule has 1 amide bonds. The smallest absolute Gasteiger partial charge is 0.262 e. The molecule has 0 aromatic heterocycles. The number of hydrogen-bond donors (Lipinski definition) is 1. The van der Waals surface area contributed by atoms with Gasteiger partial charge in [-0.25, -0.2) is 8.42 Å². The molecule has 1 aliphatic heterocycles. The summed E-state index contributed by atoms with van der Waals surface area (Å²) in [5.41, 5.74) is 3.73. The van der Waals surface area contributed by atoms with E-state index in [1.54, 1.807) is 55.3 Å². The molecule has 0 saturated carbocycles. The van der Waals surface area contributed by atoms with Crippen LogP contribution >= 0.6 is 0 Å². The topological polar surface area (TPSA) is 75.7 Å². The fraction of sp³-hybridized carbons (Fsp3) is 0.208. The van der Waals surface area contributed by atoms with Crippen molar-refractivity contribution in [3.05, 3.63) is 89.0 Å². The van der Waals surface area contributed by atoms with Gasteiger partial charge in [0.25, 0.3) is 15.9 Å². The minimum Gasteiger partial charge on any atom is -0.497 e. The summed E-state index contributed by atoms with van der Waals surface area (Å²) < 4.78 is 33.7. The maximum absolute atomic E-state index is 13.1. The SMILES string of the molecule is COc1ccc(NS(=O)(=O)c2cc(C(=O)N3CCc4ccccc4C3)ccc2C)cc1. The molecule has 1 heterocycles. The Morgan fingerprint density at radius 1 is 1.00 bits per heavy atom. The van der Waals surface area contributed by atoms with Gasteiger partial charge >= 0.3 is 0 Å². The Balaban J connectivity index is 1.58. The zero-order chi connectivity index (χ0) is 22.0. The minimum absolute atomic E-state index is 0.0894. The van der Waals surface area contributed by atoms with Crippen molar-refractivity contribution >= 4 is 21.6 Å². The second kappa shape index (κ2) is 8.43. The standard InChI is InChI=1S/C24H24N2O4S/c1-17-7-8-19(24(27)26-14-13-18-5-3-4-6-20(18)16-26)15-23(17)31(28,29)25-21-9-11-22(30-2)12-10-21/h3-12,15,25H,13-14,16H2,1-2H3. The molecule has 0 radical (unpaired) electrons. The molecule has 31 heavy (non-hydrogen) atoms. The summed E-state index contributed by atoms with van der Waals surface area (Å²) in [5, 5.41) is 0. The van der Waals surface area contributed by atoms with Crippen molar-refractivity contribution in [1.82, 2.24) is 4.90 Å². The molecule has 0 spiro atoms. The van der Waals surface area contributed by atoms with E-state index in [9.17, 15) is 13.2 Å². The Morgan fingerprint density at radius 3 is 2.42 bits per heavy atom. The lowest BCUT2D eigenvalue weighted by atomic mass is 9.99. The number of fused-ring (bicyclic) bond motifs is 1. The highest BCUT2D eigenvalue weighted by atomic mass is 32.2. The van der Waals surface area contributed by atoms with Crippen LogP contribution in [0, 0.1) is 6.92 Å². The highest BCUT2D eigenvalue weighted by Crippen LogP contribution is 2.25. The van der Waals surface area contributed by atoms with Crippen LogP contribution in [-0.4, -0.2) is 32.9 Å². The van der Waals surface area contributed by atoms with Crippen LogP contribution in [0.2, 0.25) is 0 Å². The number of rotatable bonds is 5. The lowest BCUT2D eigenvalue weighted by Gasteiger charge is -2.29. The number of aryl methyl sites for hydroxylation is 1. The van der Waals surface area contributed by atoms with Gasteiger partial charge < -0.3 is 9.64 Å². The number of amides is 1. The third-order valence-electron chi connectivity index (χ3n) is 5.48. The second-order valence-electron chi connectivity index (χ2n) is 7.56. The molecule has 6 nitrogen and oxygen atoms in total. The van der Waals surface area contributed by atoms with Crippen LogP contribution in [-0.2, 0) is 23.0 Å². The second-order valence-corrected chi connectivity index (χ2v) is 9.21. The Kier molecular flexibility index (Phi) is 5.69. The molecule has 0 fully saturated rings. The van der Waals surface area contributed by atoms with E-state index in [2.05, 4.69) is 10.8 Å². The fourth-order valence-electron chi connectivity index (χ4n) is 3.74. The lowest BCUT2D eigenvalue weighted by molar-refractivity contribution is 0.0734. The molecule has 1 aliphatic rings. The molecule has 0 saturated heterocycles. The number of benzene rings is 3. The molecule has 1 N–H and O–H groups in total. The molecule has 0 bridgehead atoms. The van der Waals surface area contributed by atoms with Crippen LogP contribution in [0.5, 0.6) is 5.75 Å². The van der Waals surface area contributed by atoms with Gasteiger partial charge in [-0.15, -0.1) is 0 Å². The van der Waals surface area contributed by atoms with E-state index in [-0.39, 0.29) is 10.8 Å². The van der Waals surface area contributed by atoms with E-state index >= 15 is 0 Å². The van der Waals surface area contributed by atoms with Gasteiger partial charge in [0.05, 0.1) is 12.0 Å². The zero-order valence-electron chi connectivity index (χ0n) is 17.5. The maximum atomic E-state index is 13.1. The van der Waals surface area contributed by atoms with Crippen molar-refractivity contribution in [3.8, 4) is 5.75 Å². The predicted molar refractivity (Wildman–Crippen MR) is 120 cm³/mol. The molecule has 3 aromatic rings. The molecular formula is C24H24N2O4S. The summed E-state index contributed by atoms with van der Waals surface area (Å²) >= 11 is 0. The van der Waals surface area contributed by atoms with Gasteiger partial charge in [0, 0.05) is 24.3 Å². The summed E-state index contributed by atoms with van der Waals surface area (Å²) in [4.78, 5) is 15.0. The molecule has 0 atom stereocenters. The quantitative estimate of drug-likeness (QED) is 0.656. The summed E-state index contributed by atoms with van der Waals surface area (Å²) in [7, 11) is -2.31. The Morgan fingerprint density at radius 2 is 1.71 bits per heavy atom. The number of sulfonamides is 1. The fourth-order valence-corrected chi connectivity index (χ4v) is 5.07. The van der Waals surface area contributed by atoms with Crippen LogP contribution in [0.1, 0.15) is 27.0 Å². The van der Waals surface area contributed by atoms with Crippen molar-refractivity contribution in [3.63, 3.8) is 0 Å². The number of methoxy groups -OCH3 is 1. The lowest BCUT2D eigenvalue weighted by Crippen LogP contribution is -2.36. The monoisotopic (exact) mass is 436 g/mol. The van der Waals surface area contributed by atoms with Gasteiger partial charge in [-0.1, -0.05) is 30.3 Å². The highest BCUT2D eigenvalue weighted by molar-refractivity contribution is 7.92. The Labute approximate surface area is 182 Å². The van der Waals surface area contributed by atoms with Crippen molar-refractivity contribution in [1.29, 1.82) is 0 Å². The van der Waals surface area contributed by atoms with E-state index in [0.29, 0.717) is 35.7 Å². The van der Waals surface area contributed by atoms with Crippen LogP contribution in [0.15, 0.2) is 71.6 Å². The minimum atomic E-state index is -3.86. The largest absolute Gasteiger partial charge is 0.497 e. The number of nitrogens with zero attached hydrogens (tertiary/aromatic N) is 1. The van der Waals surface area contributed by atoms with Crippen molar-refractivity contribution in [2.24, 2.45) is 0 Å². The van der Waals surface area contributed by atoms with Crippen molar-refractivity contribution in [2.75, 3.05) is 18.4 Å². The maximum Gasteiger partial charge on any atom is 0.262 e. The van der Waals surface area contributed by atoms with Gasteiger partial charge in [-0.2, -0.15) is 0 Å². The van der Waals surface area contributed by atoms with Crippen LogP contribution in [0.25, 0.3) is 0 Å². The molecule has 0 aliphatic carbocycles. The molecular weight excluding hydrogens is 412 g/mol. The Hall–Kier alpha value is -3.32. The molecule has 4 rings (SSSR count). The highest BCUT2D eigenvalue weighted by Gasteiger charge is 2.24. The number of carbonyl (C=O) groups excluding carboxylic acids is 1. The molecule has 7 heteroatoms. The van der Waals surface area contributed by atoms with Crippen molar-refractivity contribution < 1.29 is 17.9 Å². The molecule has 0 unspecified atom stereocenters. The number of carbonyl (C=O) groups is 1. The predicted octanol–water partition coefficient (Wildman–Crippen LogP) is 4.00. The first-order valence-electron chi connectivity index (χ1n) is 10.0. The van der Waals surface area contributed by atoms with Gasteiger partial charge in [-0.3, -0.25) is 9.52 Å². The van der Waals surface area contributed by atoms with Gasteiger partial charge in [0.1, 0.15) is 5.75 Å². The summed E-state index contributed by atoms with van der Waals surface area (Å²) in [5.74, 6) is 0.463. The number of anilines is 1. The van der Waals surface area contributed by atoms with E-state index in [1.165, 1.54) is 11.6 Å². The number of hydrogen-bond acceptors (Lipinski definition) is 4. The van der Waals surface area contributed by atoms with E-state index in [0.717, 1.165) is 12.0 Å². The van der Waals surface area contributed by atoms with Crippen molar-refractivity contribution in [2.45, 2.75) is 24.8 Å². The third-order valence-corrected chi connectivity index (χ3v) is 7.01. The summed E-state index contributed by atoms with van der Waals surface area (Å²) in [6.07, 6.45) is 0.790. The van der Waals surface area contributed by atoms with Crippen LogP contribution in [0.3, 0.4) is 0 Å². The van der Waals surface area contributed by atoms with Gasteiger partial charge in [0.2, 0.25) is 0 Å². The Bertz CT molecular complexity index is 1220. The zero-order valence-corrected chi connectivity index (χ0v) is 18.3. The average Bonchev–Trinajstić information content (AvgIpc) is 2.78. The average molecular weight is 437 g/mol. The summed E-state index contributed by atoms with van der Waals surface area (Å²) in [6, 6.07) is 19.5. The van der Waals surface area contributed by atoms with E-state index in [1.807, 2.05) is 18.2 Å². The van der Waals surface area contributed by atoms with Gasteiger partial charge in [0.15, 0.2) is 0 Å². The van der Waals surface area contributed by atoms with Crippen LogP contribution in [0.4, 0.5) is 5.69 Å². The van der Waals surface area contributed by atoms with Gasteiger partial charge in [-0.05, 0) is 66.4 Å².